The number of carbonyl (C=O) groups excluding carboxylic acids is 2. The smallest absolute Gasteiger partial charge is 0.321 e. The van der Waals surface area contributed by atoms with Crippen LogP contribution in [-0.4, -0.2) is 42.5 Å². The van der Waals surface area contributed by atoms with Gasteiger partial charge in [0, 0.05) is 6.04 Å². The minimum atomic E-state index is -0.347. The number of nitrogens with one attached hydrogen (secondary N) is 2. The van der Waals surface area contributed by atoms with Crippen molar-refractivity contribution >= 4 is 11.9 Å². The first-order valence-electron chi connectivity index (χ1n) is 9.05. The van der Waals surface area contributed by atoms with E-state index in [0.29, 0.717) is 6.54 Å². The Hall–Kier alpha value is -1.88. The van der Waals surface area contributed by atoms with Crippen LogP contribution < -0.4 is 10.6 Å². The molecule has 1 aliphatic heterocycles. The fourth-order valence-corrected chi connectivity index (χ4v) is 3.27. The number of aryl methyl sites for hydroxylation is 1. The van der Waals surface area contributed by atoms with E-state index in [1.165, 1.54) is 12.0 Å². The van der Waals surface area contributed by atoms with E-state index < -0.39 is 0 Å². The van der Waals surface area contributed by atoms with Gasteiger partial charge < -0.3 is 5.32 Å². The molecule has 1 saturated heterocycles. The maximum absolute atomic E-state index is 11.9. The first-order valence-corrected chi connectivity index (χ1v) is 9.05. The standard InChI is InChI=1S/C19H27N3O2/c23-18(21-19(24)20-17-8-9-17)14-22-12-10-16(11-13-22)7-6-15-4-2-1-3-5-15/h1-5,16-17H,6-14H2,(H2,20,21,23,24). The first kappa shape index (κ1) is 17.0. The number of carbonyl (C=O) groups is 2. The van der Waals surface area contributed by atoms with Gasteiger partial charge in [-0.2, -0.15) is 0 Å². The summed E-state index contributed by atoms with van der Waals surface area (Å²) in [5.41, 5.74) is 1.40. The molecule has 0 spiro atoms. The highest BCUT2D eigenvalue weighted by Crippen LogP contribution is 2.22. The molecular formula is C19H27N3O2. The Bertz CT molecular complexity index is 549. The lowest BCUT2D eigenvalue weighted by Gasteiger charge is -2.31. The zero-order valence-electron chi connectivity index (χ0n) is 14.2. The molecule has 1 saturated carbocycles. The Morgan fingerprint density at radius 3 is 2.42 bits per heavy atom. The topological polar surface area (TPSA) is 61.4 Å². The molecule has 2 N–H and O–H groups in total. The molecule has 0 unspecified atom stereocenters. The van der Waals surface area contributed by atoms with Crippen LogP contribution in [0.3, 0.4) is 0 Å². The summed E-state index contributed by atoms with van der Waals surface area (Å²) in [4.78, 5) is 25.6. The number of benzene rings is 1. The second kappa shape index (κ2) is 8.29. The molecule has 1 heterocycles. The Morgan fingerprint density at radius 2 is 1.75 bits per heavy atom. The molecule has 5 heteroatoms. The molecule has 1 aromatic rings. The van der Waals surface area contributed by atoms with E-state index in [1.54, 1.807) is 0 Å². The first-order chi connectivity index (χ1) is 11.7. The predicted octanol–water partition coefficient (Wildman–Crippen LogP) is 2.32. The van der Waals surface area contributed by atoms with Crippen molar-refractivity contribution in [2.45, 2.75) is 44.6 Å². The molecule has 0 bridgehead atoms. The molecule has 1 aliphatic carbocycles. The van der Waals surface area contributed by atoms with Gasteiger partial charge in [0.05, 0.1) is 6.54 Å². The molecule has 2 aliphatic rings. The highest BCUT2D eigenvalue weighted by Gasteiger charge is 2.25. The normalized spacial score (nSPS) is 19.0. The summed E-state index contributed by atoms with van der Waals surface area (Å²) < 4.78 is 0. The van der Waals surface area contributed by atoms with E-state index in [-0.39, 0.29) is 18.0 Å². The van der Waals surface area contributed by atoms with Gasteiger partial charge in [0.25, 0.3) is 0 Å². The molecule has 130 valence electrons. The quantitative estimate of drug-likeness (QED) is 0.842. The van der Waals surface area contributed by atoms with Crippen LogP contribution in [0.15, 0.2) is 30.3 Å². The largest absolute Gasteiger partial charge is 0.335 e. The number of urea groups is 1. The summed E-state index contributed by atoms with van der Waals surface area (Å²) in [5, 5.41) is 5.20. The maximum Gasteiger partial charge on any atom is 0.321 e. The number of likely N-dealkylation sites (tertiary alicyclic amines) is 1. The Balaban J connectivity index is 1.31. The van der Waals surface area contributed by atoms with Crippen molar-refractivity contribution in [3.05, 3.63) is 35.9 Å². The molecular weight excluding hydrogens is 302 g/mol. The van der Waals surface area contributed by atoms with Gasteiger partial charge in [-0.15, -0.1) is 0 Å². The molecule has 24 heavy (non-hydrogen) atoms. The van der Waals surface area contributed by atoms with Gasteiger partial charge in [-0.25, -0.2) is 4.79 Å². The molecule has 1 aromatic carbocycles. The summed E-state index contributed by atoms with van der Waals surface area (Å²) in [5.74, 6) is 0.540. The minimum Gasteiger partial charge on any atom is -0.335 e. The number of amides is 3. The number of hydrogen-bond acceptors (Lipinski definition) is 3. The highest BCUT2D eigenvalue weighted by molar-refractivity contribution is 5.95. The summed E-state index contributed by atoms with van der Waals surface area (Å²) in [7, 11) is 0. The van der Waals surface area contributed by atoms with Gasteiger partial charge in [0.2, 0.25) is 5.91 Å². The zero-order valence-corrected chi connectivity index (χ0v) is 14.2. The van der Waals surface area contributed by atoms with Gasteiger partial charge in [0.1, 0.15) is 0 Å². The SMILES string of the molecule is O=C(CN1CCC(CCc2ccccc2)CC1)NC(=O)NC1CC1. The summed E-state index contributed by atoms with van der Waals surface area (Å²) in [6, 6.07) is 10.5. The fourth-order valence-electron chi connectivity index (χ4n) is 3.27. The second-order valence-corrected chi connectivity index (χ2v) is 7.04. The van der Waals surface area contributed by atoms with Gasteiger partial charge in [-0.05, 0) is 63.1 Å². The van der Waals surface area contributed by atoms with Crippen molar-refractivity contribution < 1.29 is 9.59 Å². The van der Waals surface area contributed by atoms with Crippen molar-refractivity contribution in [2.75, 3.05) is 19.6 Å². The van der Waals surface area contributed by atoms with Crippen LogP contribution in [0.5, 0.6) is 0 Å². The van der Waals surface area contributed by atoms with Crippen LogP contribution >= 0.6 is 0 Å². The van der Waals surface area contributed by atoms with Gasteiger partial charge in [-0.3, -0.25) is 15.0 Å². The molecule has 5 nitrogen and oxygen atoms in total. The number of nitrogens with zero attached hydrogens (tertiary/aromatic N) is 1. The summed E-state index contributed by atoms with van der Waals surface area (Å²) in [6.45, 7) is 2.21. The molecule has 3 rings (SSSR count). The third-order valence-corrected chi connectivity index (χ3v) is 4.92. The maximum atomic E-state index is 11.9. The summed E-state index contributed by atoms with van der Waals surface area (Å²) >= 11 is 0. The number of imide groups is 1. The Morgan fingerprint density at radius 1 is 1.04 bits per heavy atom. The average Bonchev–Trinajstić information content (AvgIpc) is 3.39. The fraction of sp³-hybridized carbons (Fsp3) is 0.579. The Kier molecular flexibility index (Phi) is 5.86. The van der Waals surface area contributed by atoms with Crippen molar-refractivity contribution in [1.29, 1.82) is 0 Å². The lowest BCUT2D eigenvalue weighted by atomic mass is 9.90. The Labute approximate surface area is 143 Å². The third-order valence-electron chi connectivity index (χ3n) is 4.92. The van der Waals surface area contributed by atoms with E-state index >= 15 is 0 Å². The van der Waals surface area contributed by atoms with Crippen molar-refractivity contribution in [2.24, 2.45) is 5.92 Å². The van der Waals surface area contributed by atoms with Crippen LogP contribution in [0.4, 0.5) is 4.79 Å². The van der Waals surface area contributed by atoms with Crippen LogP contribution in [0.2, 0.25) is 0 Å². The van der Waals surface area contributed by atoms with E-state index in [2.05, 4.69) is 45.9 Å². The van der Waals surface area contributed by atoms with E-state index in [1.807, 2.05) is 0 Å². The molecule has 3 amide bonds. The van der Waals surface area contributed by atoms with E-state index in [9.17, 15) is 9.59 Å². The van der Waals surface area contributed by atoms with Gasteiger partial charge >= 0.3 is 6.03 Å². The second-order valence-electron chi connectivity index (χ2n) is 7.04. The van der Waals surface area contributed by atoms with Crippen LogP contribution in [0.1, 0.15) is 37.7 Å². The predicted molar refractivity (Wildman–Crippen MR) is 93.6 cm³/mol. The van der Waals surface area contributed by atoms with Crippen LogP contribution in [-0.2, 0) is 11.2 Å². The van der Waals surface area contributed by atoms with Gasteiger partial charge in [0.15, 0.2) is 0 Å². The van der Waals surface area contributed by atoms with Crippen LogP contribution in [0.25, 0.3) is 0 Å². The number of piperidine rings is 1. The number of hydrogen-bond donors (Lipinski definition) is 2. The van der Waals surface area contributed by atoms with E-state index in [4.69, 9.17) is 0 Å². The lowest BCUT2D eigenvalue weighted by Crippen LogP contribution is -2.46. The molecule has 0 aromatic heterocycles. The van der Waals surface area contributed by atoms with Gasteiger partial charge in [-0.1, -0.05) is 30.3 Å². The molecule has 0 radical (unpaired) electrons. The average molecular weight is 329 g/mol. The lowest BCUT2D eigenvalue weighted by molar-refractivity contribution is -0.121. The monoisotopic (exact) mass is 329 g/mol. The summed E-state index contributed by atoms with van der Waals surface area (Å²) in [6.07, 6.45) is 6.67. The zero-order chi connectivity index (χ0) is 16.8. The highest BCUT2D eigenvalue weighted by atomic mass is 16.2. The third kappa shape index (κ3) is 5.64. The van der Waals surface area contributed by atoms with E-state index in [0.717, 1.165) is 51.1 Å². The number of rotatable bonds is 6. The van der Waals surface area contributed by atoms with Crippen LogP contribution in [0, 0.1) is 5.92 Å². The van der Waals surface area contributed by atoms with Crippen molar-refractivity contribution in [3.8, 4) is 0 Å². The van der Waals surface area contributed by atoms with Crippen molar-refractivity contribution in [1.82, 2.24) is 15.5 Å². The molecule has 0 atom stereocenters. The molecule has 2 fully saturated rings. The van der Waals surface area contributed by atoms with Crippen molar-refractivity contribution in [3.63, 3.8) is 0 Å². The minimum absolute atomic E-state index is 0.198.